The maximum absolute atomic E-state index is 11.1. The highest BCUT2D eigenvalue weighted by molar-refractivity contribution is 5.78. The quantitative estimate of drug-likeness (QED) is 0.701. The third-order valence-electron chi connectivity index (χ3n) is 2.54. The number of hydrogen-bond donors (Lipinski definition) is 1. The summed E-state index contributed by atoms with van der Waals surface area (Å²) in [6.45, 7) is 2.21. The molecule has 1 rings (SSSR count). The number of nitriles is 1. The number of hydrogen-bond acceptors (Lipinski definition) is 2. The van der Waals surface area contributed by atoms with E-state index in [1.165, 1.54) is 12.8 Å². The van der Waals surface area contributed by atoms with Crippen molar-refractivity contribution in [2.45, 2.75) is 45.1 Å². The maximum Gasteiger partial charge on any atom is 0.234 e. The highest BCUT2D eigenvalue weighted by Crippen LogP contribution is 2.23. The zero-order valence-corrected chi connectivity index (χ0v) is 8.05. The molecule has 1 saturated carbocycles. The Kier molecular flexibility index (Phi) is 3.75. The van der Waals surface area contributed by atoms with Crippen LogP contribution in [0.15, 0.2) is 0 Å². The minimum absolute atomic E-state index is 0.00905. The smallest absolute Gasteiger partial charge is 0.234 e. The van der Waals surface area contributed by atoms with Crippen LogP contribution in [0, 0.1) is 17.2 Å². The summed E-state index contributed by atoms with van der Waals surface area (Å²) in [5.41, 5.74) is 0. The van der Waals surface area contributed by atoms with Crippen molar-refractivity contribution >= 4 is 5.91 Å². The normalized spacial score (nSPS) is 27.7. The molecule has 0 bridgehead atoms. The second-order valence-corrected chi connectivity index (χ2v) is 3.87. The second kappa shape index (κ2) is 4.86. The van der Waals surface area contributed by atoms with Crippen LogP contribution in [0.1, 0.15) is 39.0 Å². The first-order valence-corrected chi connectivity index (χ1v) is 4.88. The third kappa shape index (κ3) is 3.45. The van der Waals surface area contributed by atoms with E-state index in [1.807, 2.05) is 6.07 Å². The Hall–Kier alpha value is -1.04. The van der Waals surface area contributed by atoms with E-state index >= 15 is 0 Å². The monoisotopic (exact) mass is 180 g/mol. The van der Waals surface area contributed by atoms with E-state index < -0.39 is 0 Å². The molecule has 1 amide bonds. The number of carbonyl (C=O) groups is 1. The molecule has 0 heterocycles. The van der Waals surface area contributed by atoms with E-state index in [-0.39, 0.29) is 12.3 Å². The van der Waals surface area contributed by atoms with Crippen molar-refractivity contribution in [3.05, 3.63) is 0 Å². The van der Waals surface area contributed by atoms with Crippen molar-refractivity contribution in [1.82, 2.24) is 5.32 Å². The van der Waals surface area contributed by atoms with Gasteiger partial charge in [0.25, 0.3) is 0 Å². The molecule has 0 unspecified atom stereocenters. The summed E-state index contributed by atoms with van der Waals surface area (Å²) in [6, 6.07) is 2.17. The van der Waals surface area contributed by atoms with Crippen molar-refractivity contribution < 1.29 is 4.79 Å². The molecule has 13 heavy (non-hydrogen) atoms. The molecule has 0 aliphatic heterocycles. The fraction of sp³-hybridized carbons (Fsp3) is 0.800. The summed E-state index contributed by atoms with van der Waals surface area (Å²) in [6.07, 6.45) is 4.59. The van der Waals surface area contributed by atoms with E-state index in [1.54, 1.807) is 0 Å². The second-order valence-electron chi connectivity index (χ2n) is 3.87. The summed E-state index contributed by atoms with van der Waals surface area (Å²) < 4.78 is 0. The Balaban J connectivity index is 2.28. The van der Waals surface area contributed by atoms with Crippen molar-refractivity contribution in [3.8, 4) is 6.07 Å². The molecule has 0 spiro atoms. The van der Waals surface area contributed by atoms with Gasteiger partial charge in [-0.05, 0) is 18.8 Å². The van der Waals surface area contributed by atoms with Crippen LogP contribution in [0.3, 0.4) is 0 Å². The minimum Gasteiger partial charge on any atom is -0.352 e. The van der Waals surface area contributed by atoms with Gasteiger partial charge in [0.05, 0.1) is 6.07 Å². The number of nitrogens with one attached hydrogen (secondary N) is 1. The van der Waals surface area contributed by atoms with Crippen LogP contribution in [-0.4, -0.2) is 11.9 Å². The molecule has 1 N–H and O–H groups in total. The van der Waals surface area contributed by atoms with Crippen molar-refractivity contribution in [2.24, 2.45) is 5.92 Å². The first-order valence-electron chi connectivity index (χ1n) is 4.88. The Labute approximate surface area is 79.1 Å². The molecule has 0 aromatic carbocycles. The lowest BCUT2D eigenvalue weighted by molar-refractivity contribution is -0.121. The number of nitrogens with zero attached hydrogens (tertiary/aromatic N) is 1. The van der Waals surface area contributed by atoms with E-state index in [4.69, 9.17) is 5.26 Å². The standard InChI is InChI=1S/C10H16N2O/c1-8-3-2-4-9(7-8)12-10(13)5-6-11/h8-9H,2-5,7H2,1H3,(H,12,13)/t8-,9+/m0/s1. The minimum atomic E-state index is -0.124. The van der Waals surface area contributed by atoms with Gasteiger partial charge < -0.3 is 5.32 Å². The molecule has 1 aliphatic rings. The van der Waals surface area contributed by atoms with Gasteiger partial charge in [0.15, 0.2) is 0 Å². The van der Waals surface area contributed by atoms with E-state index in [2.05, 4.69) is 12.2 Å². The van der Waals surface area contributed by atoms with Gasteiger partial charge in [-0.15, -0.1) is 0 Å². The van der Waals surface area contributed by atoms with Crippen LogP contribution < -0.4 is 5.32 Å². The molecule has 3 heteroatoms. The average molecular weight is 180 g/mol. The van der Waals surface area contributed by atoms with Crippen LogP contribution in [0.2, 0.25) is 0 Å². The van der Waals surface area contributed by atoms with Gasteiger partial charge in [-0.3, -0.25) is 4.79 Å². The van der Waals surface area contributed by atoms with Gasteiger partial charge in [-0.2, -0.15) is 5.26 Å². The van der Waals surface area contributed by atoms with Crippen LogP contribution >= 0.6 is 0 Å². The van der Waals surface area contributed by atoms with Gasteiger partial charge in [0.1, 0.15) is 6.42 Å². The summed E-state index contributed by atoms with van der Waals surface area (Å²) in [7, 11) is 0. The van der Waals surface area contributed by atoms with Gasteiger partial charge >= 0.3 is 0 Å². The molecule has 0 saturated heterocycles. The lowest BCUT2D eigenvalue weighted by Crippen LogP contribution is -2.37. The highest BCUT2D eigenvalue weighted by Gasteiger charge is 2.19. The zero-order chi connectivity index (χ0) is 9.68. The predicted molar refractivity (Wildman–Crippen MR) is 49.8 cm³/mol. The lowest BCUT2D eigenvalue weighted by Gasteiger charge is -2.27. The fourth-order valence-electron chi connectivity index (χ4n) is 1.92. The lowest BCUT2D eigenvalue weighted by atomic mass is 9.87. The summed E-state index contributed by atoms with van der Waals surface area (Å²) in [5, 5.41) is 11.2. The van der Waals surface area contributed by atoms with Crippen molar-refractivity contribution in [2.75, 3.05) is 0 Å². The fourth-order valence-corrected chi connectivity index (χ4v) is 1.92. The first-order chi connectivity index (χ1) is 6.22. The molecule has 72 valence electrons. The Morgan fingerprint density at radius 3 is 3.00 bits per heavy atom. The molecule has 0 radical (unpaired) electrons. The summed E-state index contributed by atoms with van der Waals surface area (Å²) in [5.74, 6) is 0.586. The molecule has 0 aromatic heterocycles. The number of amides is 1. The van der Waals surface area contributed by atoms with Gasteiger partial charge in [0.2, 0.25) is 5.91 Å². The van der Waals surface area contributed by atoms with Gasteiger partial charge in [-0.25, -0.2) is 0 Å². The SMILES string of the molecule is C[C@H]1CCC[C@@H](NC(=O)CC#N)C1. The molecule has 1 aliphatic carbocycles. The van der Waals surface area contributed by atoms with Crippen LogP contribution in [0.5, 0.6) is 0 Å². The topological polar surface area (TPSA) is 52.9 Å². The largest absolute Gasteiger partial charge is 0.352 e. The van der Waals surface area contributed by atoms with E-state index in [9.17, 15) is 4.79 Å². The molecule has 1 fully saturated rings. The zero-order valence-electron chi connectivity index (χ0n) is 8.05. The van der Waals surface area contributed by atoms with Crippen molar-refractivity contribution in [3.63, 3.8) is 0 Å². The Bertz CT molecular complexity index is 219. The molecule has 3 nitrogen and oxygen atoms in total. The van der Waals surface area contributed by atoms with Gasteiger partial charge in [-0.1, -0.05) is 19.8 Å². The number of rotatable bonds is 2. The van der Waals surface area contributed by atoms with Crippen LogP contribution in [0.25, 0.3) is 0 Å². The first kappa shape index (κ1) is 10.0. The Morgan fingerprint density at radius 1 is 1.62 bits per heavy atom. The molecule has 0 aromatic rings. The molecule has 2 atom stereocenters. The predicted octanol–water partition coefficient (Wildman–Crippen LogP) is 1.59. The molecular weight excluding hydrogens is 164 g/mol. The van der Waals surface area contributed by atoms with Gasteiger partial charge in [0, 0.05) is 6.04 Å². The maximum atomic E-state index is 11.1. The third-order valence-corrected chi connectivity index (χ3v) is 2.54. The molecular formula is C10H16N2O. The average Bonchev–Trinajstić information content (AvgIpc) is 2.04. The summed E-state index contributed by atoms with van der Waals surface area (Å²) >= 11 is 0. The van der Waals surface area contributed by atoms with E-state index in [0.29, 0.717) is 12.0 Å². The van der Waals surface area contributed by atoms with Crippen molar-refractivity contribution in [1.29, 1.82) is 5.26 Å². The number of carbonyl (C=O) groups excluding carboxylic acids is 1. The summed E-state index contributed by atoms with van der Waals surface area (Å²) in [4.78, 5) is 11.1. The Morgan fingerprint density at radius 2 is 2.38 bits per heavy atom. The highest BCUT2D eigenvalue weighted by atomic mass is 16.1. The van der Waals surface area contributed by atoms with Crippen LogP contribution in [0.4, 0.5) is 0 Å². The van der Waals surface area contributed by atoms with Crippen LogP contribution in [-0.2, 0) is 4.79 Å². The van der Waals surface area contributed by atoms with E-state index in [0.717, 1.165) is 12.8 Å².